The second-order valence-electron chi connectivity index (χ2n) is 2.72. The SMILES string of the molecule is [2H]N([2H])C([2H])(C([2H])([2H])[2H])C([2H])([2H])c1cccc(C)c1C. The van der Waals surface area contributed by atoms with Crippen molar-refractivity contribution in [2.45, 2.75) is 33.1 Å². The van der Waals surface area contributed by atoms with Crippen LogP contribution < -0.4 is 5.72 Å². The number of aryl methyl sites for hydroxylation is 1. The molecule has 66 valence electrons. The van der Waals surface area contributed by atoms with Gasteiger partial charge in [0.25, 0.3) is 0 Å². The van der Waals surface area contributed by atoms with Crippen molar-refractivity contribution in [1.29, 1.82) is 0 Å². The molecule has 0 aliphatic carbocycles. The first-order valence-electron chi connectivity index (χ1n) is 7.61. The molecule has 1 rings (SSSR count). The van der Waals surface area contributed by atoms with Crippen LogP contribution in [-0.4, -0.2) is 6.02 Å². The number of hydrogen-bond acceptors (Lipinski definition) is 1. The van der Waals surface area contributed by atoms with E-state index in [2.05, 4.69) is 0 Å². The molecular formula is C11H17N. The van der Waals surface area contributed by atoms with E-state index < -0.39 is 19.2 Å². The van der Waals surface area contributed by atoms with Gasteiger partial charge in [-0.15, -0.1) is 0 Å². The van der Waals surface area contributed by atoms with Crippen LogP contribution in [0.4, 0.5) is 0 Å². The summed E-state index contributed by atoms with van der Waals surface area (Å²) >= 11 is 0. The number of rotatable bonds is 3. The maximum atomic E-state index is 8.08. The lowest BCUT2D eigenvalue weighted by atomic mass is 9.99. The van der Waals surface area contributed by atoms with E-state index in [1.165, 1.54) is 6.07 Å². The molecule has 1 nitrogen and oxygen atoms in total. The molecule has 1 atom stereocenters. The van der Waals surface area contributed by atoms with E-state index in [4.69, 9.17) is 11.0 Å². The highest BCUT2D eigenvalue weighted by molar-refractivity contribution is 5.33. The minimum Gasteiger partial charge on any atom is -0.328 e. The Labute approximate surface area is 86.0 Å². The normalized spacial score (nSPS) is 27.9. The minimum atomic E-state index is -3.16. The van der Waals surface area contributed by atoms with Gasteiger partial charge in [0.1, 0.15) is 2.82 Å². The van der Waals surface area contributed by atoms with E-state index in [1.807, 2.05) is 0 Å². The summed E-state index contributed by atoms with van der Waals surface area (Å²) in [6, 6.07) is 1.67. The van der Waals surface area contributed by atoms with E-state index in [-0.39, 0.29) is 11.3 Å². The summed E-state index contributed by atoms with van der Waals surface area (Å²) in [4.78, 5) is 0. The zero-order valence-electron chi connectivity index (χ0n) is 15.2. The molecule has 0 saturated carbocycles. The highest BCUT2D eigenvalue weighted by Crippen LogP contribution is 2.13. The Morgan fingerprint density at radius 2 is 2.58 bits per heavy atom. The lowest BCUT2D eigenvalue weighted by Crippen LogP contribution is -2.18. The summed E-state index contributed by atoms with van der Waals surface area (Å²) in [5, 5.41) is 0. The molecule has 0 amide bonds. The summed E-state index contributed by atoms with van der Waals surface area (Å²) in [5.74, 6) is 0. The van der Waals surface area contributed by atoms with Crippen LogP contribution in [0.2, 0.25) is 2.82 Å². The van der Waals surface area contributed by atoms with Gasteiger partial charge in [0.15, 0.2) is 0 Å². The molecule has 1 aromatic rings. The van der Waals surface area contributed by atoms with Crippen molar-refractivity contribution in [2.24, 2.45) is 5.72 Å². The molecule has 0 fully saturated rings. The van der Waals surface area contributed by atoms with Gasteiger partial charge in [-0.05, 0) is 43.8 Å². The third kappa shape index (κ3) is 2.08. The van der Waals surface area contributed by atoms with Gasteiger partial charge in [-0.3, -0.25) is 0 Å². The summed E-state index contributed by atoms with van der Waals surface area (Å²) in [5.41, 5.74) is 0.899. The first-order chi connectivity index (χ1) is 8.87. The maximum absolute atomic E-state index is 8.08. The molecule has 1 aromatic carbocycles. The fourth-order valence-corrected chi connectivity index (χ4v) is 1.01. The zero-order valence-corrected chi connectivity index (χ0v) is 7.18. The molecule has 0 radical (unpaired) electrons. The Bertz CT molecular complexity index is 496. The molecule has 1 unspecified atom stereocenters. The zero-order chi connectivity index (χ0) is 15.9. The Hall–Kier alpha value is -0.820. The largest absolute Gasteiger partial charge is 0.328 e. The highest BCUT2D eigenvalue weighted by Gasteiger charge is 2.02. The molecule has 0 aromatic heterocycles. The van der Waals surface area contributed by atoms with Crippen LogP contribution in [-0.2, 0) is 6.37 Å². The van der Waals surface area contributed by atoms with Gasteiger partial charge in [-0.25, -0.2) is 0 Å². The molecular weight excluding hydrogens is 146 g/mol. The van der Waals surface area contributed by atoms with Crippen LogP contribution in [0, 0.1) is 13.8 Å². The number of nitrogens with two attached hydrogens (primary N) is 1. The average molecular weight is 171 g/mol. The van der Waals surface area contributed by atoms with Gasteiger partial charge < -0.3 is 5.72 Å². The van der Waals surface area contributed by atoms with Crippen LogP contribution in [0.1, 0.15) is 31.8 Å². The third-order valence-electron chi connectivity index (χ3n) is 1.86. The molecule has 0 bridgehead atoms. The molecule has 0 saturated heterocycles. The van der Waals surface area contributed by atoms with Crippen molar-refractivity contribution < 1.29 is 11.0 Å². The van der Waals surface area contributed by atoms with Gasteiger partial charge >= 0.3 is 0 Å². The standard InChI is InChI=1S/C11H17N/c1-8-5-4-6-11(10(8)3)7-9(2)12/h4-6,9H,7,12H2,1-3H3/i2D3,7D2,9D/hD2. The van der Waals surface area contributed by atoms with Gasteiger partial charge in [0, 0.05) is 14.2 Å². The lowest BCUT2D eigenvalue weighted by molar-refractivity contribution is 0.734. The van der Waals surface area contributed by atoms with Crippen LogP contribution >= 0.6 is 0 Å². The van der Waals surface area contributed by atoms with Crippen LogP contribution in [0.5, 0.6) is 0 Å². The summed E-state index contributed by atoms with van der Waals surface area (Å²) in [6.07, 6.45) is -2.71. The molecule has 0 aliphatic rings. The third-order valence-corrected chi connectivity index (χ3v) is 1.86. The topological polar surface area (TPSA) is 26.0 Å². The predicted molar refractivity (Wildman–Crippen MR) is 53.3 cm³/mol. The second-order valence-corrected chi connectivity index (χ2v) is 2.72. The molecule has 0 spiro atoms. The van der Waals surface area contributed by atoms with Crippen LogP contribution in [0.15, 0.2) is 18.2 Å². The summed E-state index contributed by atoms with van der Waals surface area (Å²) in [7, 11) is 0. The fourth-order valence-electron chi connectivity index (χ4n) is 1.01. The van der Waals surface area contributed by atoms with Crippen molar-refractivity contribution in [3.8, 4) is 0 Å². The lowest BCUT2D eigenvalue weighted by Gasteiger charge is -2.10. The monoisotopic (exact) mass is 171 g/mol. The van der Waals surface area contributed by atoms with Gasteiger partial charge in [-0.2, -0.15) is 0 Å². The van der Waals surface area contributed by atoms with Crippen molar-refractivity contribution in [3.05, 3.63) is 34.9 Å². The van der Waals surface area contributed by atoms with E-state index in [9.17, 15) is 0 Å². The Kier molecular flexibility index (Phi) is 0.977. The average Bonchev–Trinajstić information content (AvgIpc) is 2.29. The van der Waals surface area contributed by atoms with Crippen LogP contribution in [0.3, 0.4) is 0 Å². The number of hydrogen-bond donors (Lipinski definition) is 1. The number of benzene rings is 1. The molecule has 12 heavy (non-hydrogen) atoms. The van der Waals surface area contributed by atoms with E-state index in [1.54, 1.807) is 26.0 Å². The fraction of sp³-hybridized carbons (Fsp3) is 0.455. The molecule has 0 heterocycles. The van der Waals surface area contributed by atoms with E-state index >= 15 is 0 Å². The van der Waals surface area contributed by atoms with Gasteiger partial charge in [0.2, 0.25) is 0 Å². The summed E-state index contributed by atoms with van der Waals surface area (Å²) < 4.78 is 60.7. The van der Waals surface area contributed by atoms with Gasteiger partial charge in [-0.1, -0.05) is 18.2 Å². The Balaban J connectivity index is 3.58. The van der Waals surface area contributed by atoms with Crippen molar-refractivity contribution in [2.75, 3.05) is 0 Å². The van der Waals surface area contributed by atoms with Crippen molar-refractivity contribution >= 4 is 0 Å². The van der Waals surface area contributed by atoms with E-state index in [0.29, 0.717) is 5.56 Å². The van der Waals surface area contributed by atoms with Crippen molar-refractivity contribution in [1.82, 2.24) is 0 Å². The predicted octanol–water partition coefficient (Wildman–Crippen LogP) is 2.19. The minimum absolute atomic E-state index is 0.00752. The highest BCUT2D eigenvalue weighted by atomic mass is 14.6. The molecule has 1 heteroatoms. The molecule has 0 aliphatic heterocycles. The summed E-state index contributed by atoms with van der Waals surface area (Å²) in [6.45, 7) is 0.214. The molecule has 2 N–H and O–H groups in total. The second kappa shape index (κ2) is 3.72. The van der Waals surface area contributed by atoms with Gasteiger partial charge in [0.05, 0.1) is 0 Å². The maximum Gasteiger partial charge on any atom is 0.119 e. The smallest absolute Gasteiger partial charge is 0.119 e. The van der Waals surface area contributed by atoms with E-state index in [0.717, 1.165) is 5.56 Å². The van der Waals surface area contributed by atoms with Crippen LogP contribution in [0.25, 0.3) is 0 Å². The quantitative estimate of drug-likeness (QED) is 0.741. The first-order valence-corrected chi connectivity index (χ1v) is 3.72. The Morgan fingerprint density at radius 1 is 1.75 bits per heavy atom. The van der Waals surface area contributed by atoms with Crippen molar-refractivity contribution in [3.63, 3.8) is 0 Å². The Morgan fingerprint density at radius 3 is 3.25 bits per heavy atom. The first kappa shape index (κ1) is 3.15.